The fourth-order valence-electron chi connectivity index (χ4n) is 2.41. The van der Waals surface area contributed by atoms with Crippen LogP contribution in [0.2, 0.25) is 10.2 Å². The molecule has 1 aliphatic rings. The van der Waals surface area contributed by atoms with E-state index in [1.165, 1.54) is 16.6 Å². The largest absolute Gasteiger partial charge is 0.308 e. The number of hydrogen-bond acceptors (Lipinski definition) is 4. The second kappa shape index (κ2) is 6.15. The van der Waals surface area contributed by atoms with Gasteiger partial charge in [0.1, 0.15) is 10.0 Å². The molecular formula is C12H17Cl2N3O2S. The van der Waals surface area contributed by atoms with Crippen LogP contribution in [0.4, 0.5) is 0 Å². The van der Waals surface area contributed by atoms with E-state index in [2.05, 4.69) is 4.98 Å². The van der Waals surface area contributed by atoms with Crippen LogP contribution >= 0.6 is 23.2 Å². The van der Waals surface area contributed by atoms with Gasteiger partial charge in [0.25, 0.3) is 0 Å². The fraction of sp³-hybridized carbons (Fsp3) is 0.583. The lowest BCUT2D eigenvalue weighted by Gasteiger charge is -2.26. The van der Waals surface area contributed by atoms with Gasteiger partial charge in [0.2, 0.25) is 10.0 Å². The van der Waals surface area contributed by atoms with Crippen molar-refractivity contribution in [2.45, 2.75) is 23.8 Å². The number of nitrogens with zero attached hydrogens (tertiary/aromatic N) is 3. The van der Waals surface area contributed by atoms with Crippen LogP contribution in [0.3, 0.4) is 0 Å². The van der Waals surface area contributed by atoms with Gasteiger partial charge in [-0.2, -0.15) is 4.31 Å². The quantitative estimate of drug-likeness (QED) is 0.789. The molecule has 1 aromatic rings. The Labute approximate surface area is 129 Å². The van der Waals surface area contributed by atoms with Crippen molar-refractivity contribution in [3.05, 3.63) is 22.4 Å². The summed E-state index contributed by atoms with van der Waals surface area (Å²) in [6.07, 6.45) is 2.99. The molecule has 0 bridgehead atoms. The number of aromatic nitrogens is 1. The normalized spacial score (nSPS) is 20.8. The van der Waals surface area contributed by atoms with Crippen molar-refractivity contribution < 1.29 is 8.42 Å². The second-order valence-corrected chi connectivity index (χ2v) is 7.77. The molecule has 20 heavy (non-hydrogen) atoms. The zero-order valence-corrected chi connectivity index (χ0v) is 13.7. The number of hydrogen-bond donors (Lipinski definition) is 0. The van der Waals surface area contributed by atoms with Crippen LogP contribution in [0.5, 0.6) is 0 Å². The van der Waals surface area contributed by atoms with E-state index in [0.717, 1.165) is 12.8 Å². The van der Waals surface area contributed by atoms with E-state index >= 15 is 0 Å². The second-order valence-electron chi connectivity index (χ2n) is 5.12. The number of rotatable bonds is 4. The molecule has 2 rings (SSSR count). The molecule has 0 radical (unpaired) electrons. The van der Waals surface area contributed by atoms with Gasteiger partial charge >= 0.3 is 0 Å². The molecule has 1 aliphatic heterocycles. The Bertz CT molecular complexity index is 592. The Balaban J connectivity index is 2.31. The van der Waals surface area contributed by atoms with Crippen LogP contribution in [0.15, 0.2) is 17.2 Å². The number of pyridine rings is 1. The molecular weight excluding hydrogens is 321 g/mol. The summed E-state index contributed by atoms with van der Waals surface area (Å²) in [4.78, 5) is 5.91. The molecule has 0 aliphatic carbocycles. The molecule has 1 unspecified atom stereocenters. The van der Waals surface area contributed by atoms with Gasteiger partial charge < -0.3 is 4.90 Å². The molecule has 8 heteroatoms. The standard InChI is InChI=1S/C12H17Cl2N3O2S/c1-16(2)8-9-4-3-5-17(9)20(18,19)10-6-11(13)12(14)15-7-10/h6-7,9H,3-5,8H2,1-2H3. The molecule has 0 amide bonds. The molecule has 1 fully saturated rings. The molecule has 1 saturated heterocycles. The summed E-state index contributed by atoms with van der Waals surface area (Å²) in [5, 5.41) is 0.257. The van der Waals surface area contributed by atoms with Gasteiger partial charge in [-0.15, -0.1) is 0 Å². The monoisotopic (exact) mass is 337 g/mol. The average molecular weight is 338 g/mol. The first-order chi connectivity index (χ1) is 9.32. The average Bonchev–Trinajstić information content (AvgIpc) is 2.80. The summed E-state index contributed by atoms with van der Waals surface area (Å²) in [5.41, 5.74) is 0. The Morgan fingerprint density at radius 1 is 1.45 bits per heavy atom. The van der Waals surface area contributed by atoms with Gasteiger partial charge in [0.05, 0.1) is 5.02 Å². The van der Waals surface area contributed by atoms with Crippen LogP contribution in [-0.4, -0.2) is 55.8 Å². The van der Waals surface area contributed by atoms with Crippen LogP contribution in [-0.2, 0) is 10.0 Å². The van der Waals surface area contributed by atoms with E-state index in [1.54, 1.807) is 0 Å². The summed E-state index contributed by atoms with van der Waals surface area (Å²) < 4.78 is 26.8. The topological polar surface area (TPSA) is 53.5 Å². The number of halogens is 2. The van der Waals surface area contributed by atoms with Gasteiger partial charge in [-0.25, -0.2) is 13.4 Å². The van der Waals surface area contributed by atoms with E-state index in [-0.39, 0.29) is 21.1 Å². The minimum absolute atomic E-state index is 0.00977. The summed E-state index contributed by atoms with van der Waals surface area (Å²) in [7, 11) is 0.297. The predicted octanol–water partition coefficient (Wildman–Crippen LogP) is 2.10. The maximum atomic E-state index is 12.7. The number of likely N-dealkylation sites (N-methyl/N-ethyl adjacent to an activating group) is 1. The van der Waals surface area contributed by atoms with Crippen molar-refractivity contribution in [3.63, 3.8) is 0 Å². The van der Waals surface area contributed by atoms with Gasteiger partial charge in [-0.3, -0.25) is 0 Å². The Kier molecular flexibility index (Phi) is 4.92. The predicted molar refractivity (Wildman–Crippen MR) is 79.7 cm³/mol. The third-order valence-corrected chi connectivity index (χ3v) is 5.88. The lowest BCUT2D eigenvalue weighted by molar-refractivity contribution is 0.291. The summed E-state index contributed by atoms with van der Waals surface area (Å²) in [5.74, 6) is 0. The minimum Gasteiger partial charge on any atom is -0.308 e. The highest BCUT2D eigenvalue weighted by atomic mass is 35.5. The van der Waals surface area contributed by atoms with Crippen LogP contribution in [0, 0.1) is 0 Å². The Morgan fingerprint density at radius 2 is 2.15 bits per heavy atom. The summed E-state index contributed by atoms with van der Waals surface area (Å²) >= 11 is 11.6. The molecule has 0 N–H and O–H groups in total. The van der Waals surface area contributed by atoms with E-state index in [4.69, 9.17) is 23.2 Å². The molecule has 5 nitrogen and oxygen atoms in total. The molecule has 0 spiro atoms. The Hall–Kier alpha value is -0.400. The van der Waals surface area contributed by atoms with E-state index < -0.39 is 10.0 Å². The van der Waals surface area contributed by atoms with Gasteiger partial charge in [-0.05, 0) is 33.0 Å². The van der Waals surface area contributed by atoms with Crippen LogP contribution in [0.1, 0.15) is 12.8 Å². The first kappa shape index (κ1) is 16.0. The van der Waals surface area contributed by atoms with Crippen LogP contribution in [0.25, 0.3) is 0 Å². The minimum atomic E-state index is -3.57. The van der Waals surface area contributed by atoms with E-state index in [0.29, 0.717) is 13.1 Å². The van der Waals surface area contributed by atoms with Crippen molar-refractivity contribution in [2.75, 3.05) is 27.2 Å². The number of sulfonamides is 1. The highest BCUT2D eigenvalue weighted by molar-refractivity contribution is 7.89. The lowest BCUT2D eigenvalue weighted by Crippen LogP contribution is -2.41. The van der Waals surface area contributed by atoms with E-state index in [9.17, 15) is 8.42 Å². The molecule has 0 aromatic carbocycles. The van der Waals surface area contributed by atoms with Gasteiger partial charge in [0, 0.05) is 25.3 Å². The van der Waals surface area contributed by atoms with Gasteiger partial charge in [-0.1, -0.05) is 23.2 Å². The van der Waals surface area contributed by atoms with E-state index in [1.807, 2.05) is 19.0 Å². The molecule has 1 aromatic heterocycles. The van der Waals surface area contributed by atoms with Crippen molar-refractivity contribution >= 4 is 33.2 Å². The maximum Gasteiger partial charge on any atom is 0.244 e. The zero-order valence-electron chi connectivity index (χ0n) is 11.4. The highest BCUT2D eigenvalue weighted by Gasteiger charge is 2.35. The summed E-state index contributed by atoms with van der Waals surface area (Å²) in [6.45, 7) is 1.23. The van der Waals surface area contributed by atoms with Crippen molar-refractivity contribution in [2.24, 2.45) is 0 Å². The SMILES string of the molecule is CN(C)CC1CCCN1S(=O)(=O)c1cnc(Cl)c(Cl)c1. The molecule has 2 heterocycles. The Morgan fingerprint density at radius 3 is 2.75 bits per heavy atom. The lowest BCUT2D eigenvalue weighted by atomic mass is 10.2. The summed E-state index contributed by atoms with van der Waals surface area (Å²) in [6, 6.07) is 1.35. The fourth-order valence-corrected chi connectivity index (χ4v) is 4.40. The zero-order chi connectivity index (χ0) is 14.9. The molecule has 112 valence electrons. The van der Waals surface area contributed by atoms with Crippen molar-refractivity contribution in [3.8, 4) is 0 Å². The van der Waals surface area contributed by atoms with Gasteiger partial charge in [0.15, 0.2) is 0 Å². The highest BCUT2D eigenvalue weighted by Crippen LogP contribution is 2.29. The van der Waals surface area contributed by atoms with Crippen molar-refractivity contribution in [1.29, 1.82) is 0 Å². The smallest absolute Gasteiger partial charge is 0.244 e. The van der Waals surface area contributed by atoms with Crippen LogP contribution < -0.4 is 0 Å². The molecule has 1 atom stereocenters. The maximum absolute atomic E-state index is 12.7. The first-order valence-electron chi connectivity index (χ1n) is 6.30. The first-order valence-corrected chi connectivity index (χ1v) is 8.49. The molecule has 0 saturated carbocycles. The third kappa shape index (κ3) is 3.26. The third-order valence-electron chi connectivity index (χ3n) is 3.28. The van der Waals surface area contributed by atoms with Crippen molar-refractivity contribution in [1.82, 2.24) is 14.2 Å².